The Hall–Kier alpha value is -0.120. The molecule has 1 unspecified atom stereocenters. The van der Waals surface area contributed by atoms with E-state index in [0.717, 1.165) is 13.1 Å². The maximum atomic E-state index is 6.57. The van der Waals surface area contributed by atoms with Crippen molar-refractivity contribution in [3.63, 3.8) is 0 Å². The molecule has 1 aliphatic heterocycles. The minimum absolute atomic E-state index is 0.118. The third kappa shape index (κ3) is 3.21. The van der Waals surface area contributed by atoms with Gasteiger partial charge in [-0.15, -0.1) is 0 Å². The number of hydrogen-bond donors (Lipinski definition) is 1. The van der Waals surface area contributed by atoms with Crippen LogP contribution in [0, 0.1) is 0 Å². The van der Waals surface area contributed by atoms with Crippen molar-refractivity contribution in [2.75, 3.05) is 13.1 Å². The van der Waals surface area contributed by atoms with Crippen LogP contribution in [0.5, 0.6) is 0 Å². The monoisotopic (exact) mass is 241 g/mol. The van der Waals surface area contributed by atoms with Gasteiger partial charge in [0.15, 0.2) is 0 Å². The van der Waals surface area contributed by atoms with Gasteiger partial charge in [-0.3, -0.25) is 9.80 Å². The molecule has 3 nitrogen and oxygen atoms in total. The molecule has 1 heterocycles. The van der Waals surface area contributed by atoms with Gasteiger partial charge in [0.05, 0.1) is 5.66 Å². The zero-order valence-electron chi connectivity index (χ0n) is 13.0. The fourth-order valence-corrected chi connectivity index (χ4v) is 3.37. The van der Waals surface area contributed by atoms with E-state index in [9.17, 15) is 0 Å². The van der Waals surface area contributed by atoms with Gasteiger partial charge >= 0.3 is 0 Å². The second kappa shape index (κ2) is 4.22. The molecule has 1 aliphatic rings. The van der Waals surface area contributed by atoms with Crippen LogP contribution in [0.1, 0.15) is 55.4 Å². The van der Waals surface area contributed by atoms with E-state index in [1.807, 2.05) is 0 Å². The Bertz CT molecular complexity index is 270. The molecule has 0 bridgehead atoms. The number of hydrogen-bond acceptors (Lipinski definition) is 3. The highest BCUT2D eigenvalue weighted by Crippen LogP contribution is 2.32. The average molecular weight is 241 g/mol. The Morgan fingerprint density at radius 2 is 1.53 bits per heavy atom. The normalized spacial score (nSPS) is 34.1. The van der Waals surface area contributed by atoms with E-state index in [1.54, 1.807) is 0 Å². The summed E-state index contributed by atoms with van der Waals surface area (Å²) >= 11 is 0. The molecule has 0 amide bonds. The van der Waals surface area contributed by atoms with Crippen molar-refractivity contribution < 1.29 is 0 Å². The van der Waals surface area contributed by atoms with Crippen LogP contribution in [0.4, 0.5) is 0 Å². The second-order valence-corrected chi connectivity index (χ2v) is 7.80. The molecule has 3 heteroatoms. The summed E-state index contributed by atoms with van der Waals surface area (Å²) in [6.45, 7) is 20.0. The van der Waals surface area contributed by atoms with Crippen molar-refractivity contribution in [1.29, 1.82) is 0 Å². The van der Waals surface area contributed by atoms with E-state index in [1.165, 1.54) is 0 Å². The lowest BCUT2D eigenvalue weighted by Gasteiger charge is -2.58. The van der Waals surface area contributed by atoms with Crippen LogP contribution >= 0.6 is 0 Å². The van der Waals surface area contributed by atoms with Gasteiger partial charge in [-0.1, -0.05) is 0 Å². The third-order valence-corrected chi connectivity index (χ3v) is 3.66. The lowest BCUT2D eigenvalue weighted by Crippen LogP contribution is -2.74. The Kier molecular flexibility index (Phi) is 3.70. The van der Waals surface area contributed by atoms with Gasteiger partial charge in [-0.25, -0.2) is 0 Å². The van der Waals surface area contributed by atoms with E-state index in [2.05, 4.69) is 65.2 Å². The predicted octanol–water partition coefficient (Wildman–Crippen LogP) is 2.26. The van der Waals surface area contributed by atoms with Crippen LogP contribution in [0.3, 0.4) is 0 Å². The lowest BCUT2D eigenvalue weighted by molar-refractivity contribution is -0.101. The fourth-order valence-electron chi connectivity index (χ4n) is 3.37. The molecule has 17 heavy (non-hydrogen) atoms. The predicted molar refractivity (Wildman–Crippen MR) is 75.0 cm³/mol. The van der Waals surface area contributed by atoms with Crippen LogP contribution in [0.25, 0.3) is 0 Å². The first-order valence-electron chi connectivity index (χ1n) is 6.69. The maximum absolute atomic E-state index is 6.57. The molecule has 102 valence electrons. The summed E-state index contributed by atoms with van der Waals surface area (Å²) < 4.78 is 0. The molecule has 2 N–H and O–H groups in total. The first-order chi connectivity index (χ1) is 7.36. The molecule has 1 fully saturated rings. The van der Waals surface area contributed by atoms with Gasteiger partial charge in [0.25, 0.3) is 0 Å². The Morgan fingerprint density at radius 1 is 1.06 bits per heavy atom. The van der Waals surface area contributed by atoms with Crippen molar-refractivity contribution in [1.82, 2.24) is 9.80 Å². The lowest BCUT2D eigenvalue weighted by atomic mass is 9.90. The zero-order valence-corrected chi connectivity index (χ0v) is 13.0. The highest BCUT2D eigenvalue weighted by molar-refractivity contribution is 5.00. The van der Waals surface area contributed by atoms with Gasteiger partial charge in [0.1, 0.15) is 0 Å². The molecule has 0 aliphatic carbocycles. The summed E-state index contributed by atoms with van der Waals surface area (Å²) in [4.78, 5) is 4.96. The highest BCUT2D eigenvalue weighted by atomic mass is 15.4. The largest absolute Gasteiger partial charge is 0.312 e. The van der Waals surface area contributed by atoms with Gasteiger partial charge in [-0.05, 0) is 55.4 Å². The highest BCUT2D eigenvalue weighted by Gasteiger charge is 2.45. The van der Waals surface area contributed by atoms with Crippen LogP contribution in [-0.2, 0) is 0 Å². The quantitative estimate of drug-likeness (QED) is 0.706. The number of nitrogens with two attached hydrogens (primary N) is 1. The van der Waals surface area contributed by atoms with Gasteiger partial charge < -0.3 is 5.73 Å². The molecular formula is C14H31N3. The molecule has 0 saturated carbocycles. The van der Waals surface area contributed by atoms with Crippen molar-refractivity contribution >= 4 is 0 Å². The molecule has 0 aromatic carbocycles. The third-order valence-electron chi connectivity index (χ3n) is 3.66. The summed E-state index contributed by atoms with van der Waals surface area (Å²) in [5.41, 5.74) is 6.62. The van der Waals surface area contributed by atoms with Crippen LogP contribution in [-0.4, -0.2) is 45.7 Å². The van der Waals surface area contributed by atoms with E-state index < -0.39 is 0 Å². The minimum Gasteiger partial charge on any atom is -0.312 e. The van der Waals surface area contributed by atoms with Crippen molar-refractivity contribution in [3.8, 4) is 0 Å². The first-order valence-corrected chi connectivity index (χ1v) is 6.69. The molecule has 0 aromatic heterocycles. The molecule has 1 rings (SSSR count). The Labute approximate surface area is 107 Å². The average Bonchev–Trinajstić information content (AvgIpc) is 1.94. The van der Waals surface area contributed by atoms with Crippen molar-refractivity contribution in [3.05, 3.63) is 0 Å². The SMILES string of the molecule is CC1CN(C(C)(C)C)C[C@@](C)(N)N1C(C)(C)C. The first kappa shape index (κ1) is 14.9. The van der Waals surface area contributed by atoms with Crippen LogP contribution in [0.2, 0.25) is 0 Å². The second-order valence-electron chi connectivity index (χ2n) is 7.80. The standard InChI is InChI=1S/C14H31N3/c1-11-9-16(12(2,3)4)10-14(8,15)17(11)13(5,6)7/h11H,9-10,15H2,1-8H3/t11?,14-/m0/s1. The molecule has 1 saturated heterocycles. The van der Waals surface area contributed by atoms with Gasteiger partial charge in [0, 0.05) is 30.2 Å². The zero-order chi connectivity index (χ0) is 13.6. The summed E-state index contributed by atoms with van der Waals surface area (Å²) in [6.07, 6.45) is 0. The molecule has 0 aromatic rings. The number of piperazine rings is 1. The van der Waals surface area contributed by atoms with E-state index in [-0.39, 0.29) is 16.7 Å². The molecule has 2 atom stereocenters. The Balaban J connectivity index is 2.97. The van der Waals surface area contributed by atoms with Gasteiger partial charge in [0.2, 0.25) is 0 Å². The smallest absolute Gasteiger partial charge is 0.0796 e. The van der Waals surface area contributed by atoms with E-state index in [4.69, 9.17) is 5.73 Å². The topological polar surface area (TPSA) is 32.5 Å². The minimum atomic E-state index is -0.261. The Morgan fingerprint density at radius 3 is 1.82 bits per heavy atom. The van der Waals surface area contributed by atoms with E-state index in [0.29, 0.717) is 6.04 Å². The number of rotatable bonds is 0. The maximum Gasteiger partial charge on any atom is 0.0796 e. The van der Waals surface area contributed by atoms with Crippen LogP contribution in [0.15, 0.2) is 0 Å². The molecule has 0 spiro atoms. The molecule has 0 radical (unpaired) electrons. The van der Waals surface area contributed by atoms with E-state index >= 15 is 0 Å². The van der Waals surface area contributed by atoms with Gasteiger partial charge in [-0.2, -0.15) is 0 Å². The summed E-state index contributed by atoms with van der Waals surface area (Å²) in [5.74, 6) is 0. The van der Waals surface area contributed by atoms with Crippen molar-refractivity contribution in [2.24, 2.45) is 5.73 Å². The summed E-state index contributed by atoms with van der Waals surface area (Å²) in [6, 6.07) is 0.484. The summed E-state index contributed by atoms with van der Waals surface area (Å²) in [5, 5.41) is 0. The van der Waals surface area contributed by atoms with Crippen LogP contribution < -0.4 is 5.73 Å². The van der Waals surface area contributed by atoms with Crippen molar-refractivity contribution in [2.45, 2.75) is 78.2 Å². The molecular weight excluding hydrogens is 210 g/mol. The summed E-state index contributed by atoms with van der Waals surface area (Å²) in [7, 11) is 0. The number of nitrogens with zero attached hydrogens (tertiary/aromatic N) is 2. The fraction of sp³-hybridized carbons (Fsp3) is 1.00.